The number of carbonyl (C=O) groups excluding carboxylic acids is 1. The lowest BCUT2D eigenvalue weighted by Gasteiger charge is -2.14. The molecule has 118 valence electrons. The second-order valence-electron chi connectivity index (χ2n) is 5.32. The minimum absolute atomic E-state index is 0.0371. The first kappa shape index (κ1) is 16.1. The molecule has 1 amide bonds. The predicted octanol–water partition coefficient (Wildman–Crippen LogP) is 3.34. The normalized spacial score (nSPS) is 11.8. The van der Waals surface area contributed by atoms with E-state index in [1.54, 1.807) is 27.0 Å². The Bertz CT molecular complexity index is 690. The van der Waals surface area contributed by atoms with Gasteiger partial charge >= 0.3 is 6.18 Å². The van der Waals surface area contributed by atoms with Crippen LogP contribution in [0, 0.1) is 6.92 Å². The predicted molar refractivity (Wildman–Crippen MR) is 75.9 cm³/mol. The van der Waals surface area contributed by atoms with E-state index in [0.29, 0.717) is 5.69 Å². The number of rotatable bonds is 3. The molecule has 1 aromatic heterocycles. The van der Waals surface area contributed by atoms with Gasteiger partial charge in [-0.2, -0.15) is 13.2 Å². The lowest BCUT2D eigenvalue weighted by molar-refractivity contribution is -0.137. The molecule has 1 aromatic carbocycles. The van der Waals surface area contributed by atoms with Gasteiger partial charge in [0.05, 0.1) is 17.6 Å². The molecule has 1 heterocycles. The fourth-order valence-corrected chi connectivity index (χ4v) is 1.96. The molecule has 0 aliphatic heterocycles. The summed E-state index contributed by atoms with van der Waals surface area (Å²) < 4.78 is 40.6. The Morgan fingerprint density at radius 2 is 1.95 bits per heavy atom. The highest BCUT2D eigenvalue weighted by molar-refractivity contribution is 5.95. The van der Waals surface area contributed by atoms with Gasteiger partial charge in [-0.05, 0) is 39.0 Å². The summed E-state index contributed by atoms with van der Waals surface area (Å²) in [4.78, 5) is 16.0. The zero-order chi connectivity index (χ0) is 16.5. The van der Waals surface area contributed by atoms with Crippen LogP contribution in [-0.2, 0) is 6.18 Å². The van der Waals surface area contributed by atoms with Crippen molar-refractivity contribution in [1.29, 1.82) is 0 Å². The van der Waals surface area contributed by atoms with Crippen LogP contribution in [0.2, 0.25) is 0 Å². The minimum Gasteiger partial charge on any atom is -0.350 e. The van der Waals surface area contributed by atoms with Crippen LogP contribution in [0.1, 0.15) is 35.5 Å². The van der Waals surface area contributed by atoms with Crippen LogP contribution in [0.15, 0.2) is 30.7 Å². The van der Waals surface area contributed by atoms with E-state index in [4.69, 9.17) is 0 Å². The largest absolute Gasteiger partial charge is 0.416 e. The molecule has 0 atom stereocenters. The summed E-state index contributed by atoms with van der Waals surface area (Å²) >= 11 is 0. The SMILES string of the molecule is Cc1cn(-c2cc(C(=O)NC(C)C)cc(C(F)(F)F)c2)cn1. The Hall–Kier alpha value is -2.31. The molecule has 7 heteroatoms. The molecular formula is C15H16F3N3O. The van der Waals surface area contributed by atoms with Crippen molar-refractivity contribution in [3.05, 3.63) is 47.5 Å². The molecule has 1 N–H and O–H groups in total. The molecule has 0 fully saturated rings. The summed E-state index contributed by atoms with van der Waals surface area (Å²) in [6.07, 6.45) is -1.52. The number of nitrogens with one attached hydrogen (secondary N) is 1. The Morgan fingerprint density at radius 1 is 1.27 bits per heavy atom. The molecule has 0 saturated heterocycles. The minimum atomic E-state index is -4.53. The van der Waals surface area contributed by atoms with Gasteiger partial charge < -0.3 is 9.88 Å². The Kier molecular flexibility index (Phi) is 4.25. The summed E-state index contributed by atoms with van der Waals surface area (Å²) in [5, 5.41) is 2.59. The average molecular weight is 311 g/mol. The highest BCUT2D eigenvalue weighted by Gasteiger charge is 2.32. The monoisotopic (exact) mass is 311 g/mol. The third-order valence-corrected chi connectivity index (χ3v) is 2.94. The Labute approximate surface area is 126 Å². The first-order valence-electron chi connectivity index (χ1n) is 6.71. The molecule has 0 spiro atoms. The first-order valence-corrected chi connectivity index (χ1v) is 6.71. The number of amides is 1. The molecule has 2 aromatic rings. The average Bonchev–Trinajstić information content (AvgIpc) is 2.83. The van der Waals surface area contributed by atoms with Crippen molar-refractivity contribution in [3.8, 4) is 5.69 Å². The topological polar surface area (TPSA) is 46.9 Å². The van der Waals surface area contributed by atoms with Crippen molar-refractivity contribution in [2.45, 2.75) is 33.0 Å². The van der Waals surface area contributed by atoms with Gasteiger partial charge in [0.1, 0.15) is 0 Å². The molecule has 4 nitrogen and oxygen atoms in total. The number of imidazole rings is 1. The Morgan fingerprint density at radius 3 is 2.45 bits per heavy atom. The second-order valence-corrected chi connectivity index (χ2v) is 5.32. The number of benzene rings is 1. The van der Waals surface area contributed by atoms with Gasteiger partial charge in [-0.3, -0.25) is 4.79 Å². The molecule has 2 rings (SSSR count). The third-order valence-electron chi connectivity index (χ3n) is 2.94. The van der Waals surface area contributed by atoms with Gasteiger partial charge in [-0.25, -0.2) is 4.98 Å². The number of nitrogens with zero attached hydrogens (tertiary/aromatic N) is 2. The van der Waals surface area contributed by atoms with Crippen molar-refractivity contribution < 1.29 is 18.0 Å². The fourth-order valence-electron chi connectivity index (χ4n) is 1.96. The summed E-state index contributed by atoms with van der Waals surface area (Å²) in [6, 6.07) is 3.09. The van der Waals surface area contributed by atoms with E-state index < -0.39 is 17.6 Å². The van der Waals surface area contributed by atoms with Gasteiger partial charge in [0.2, 0.25) is 0 Å². The number of hydrogen-bond acceptors (Lipinski definition) is 2. The highest BCUT2D eigenvalue weighted by Crippen LogP contribution is 2.31. The molecule has 22 heavy (non-hydrogen) atoms. The van der Waals surface area contributed by atoms with Crippen molar-refractivity contribution in [3.63, 3.8) is 0 Å². The van der Waals surface area contributed by atoms with Crippen molar-refractivity contribution in [2.24, 2.45) is 0 Å². The molecule has 0 bridgehead atoms. The number of halogens is 3. The Balaban J connectivity index is 2.52. The number of carbonyl (C=O) groups is 1. The number of hydrogen-bond donors (Lipinski definition) is 1. The van der Waals surface area contributed by atoms with Crippen LogP contribution in [0.3, 0.4) is 0 Å². The van der Waals surface area contributed by atoms with Gasteiger partial charge in [-0.15, -0.1) is 0 Å². The van der Waals surface area contributed by atoms with E-state index in [-0.39, 0.29) is 17.3 Å². The number of aryl methyl sites for hydroxylation is 1. The first-order chi connectivity index (χ1) is 10.2. The summed E-state index contributed by atoms with van der Waals surface area (Å²) in [6.45, 7) is 5.22. The number of alkyl halides is 3. The van der Waals surface area contributed by atoms with Crippen LogP contribution in [-0.4, -0.2) is 21.5 Å². The molecule has 0 aliphatic rings. The van der Waals surface area contributed by atoms with E-state index in [1.165, 1.54) is 17.0 Å². The van der Waals surface area contributed by atoms with E-state index in [1.807, 2.05) is 0 Å². The molecular weight excluding hydrogens is 295 g/mol. The summed E-state index contributed by atoms with van der Waals surface area (Å²) in [5.74, 6) is -0.542. The van der Waals surface area contributed by atoms with Crippen molar-refractivity contribution >= 4 is 5.91 Å². The van der Waals surface area contributed by atoms with Crippen molar-refractivity contribution in [2.75, 3.05) is 0 Å². The van der Waals surface area contributed by atoms with E-state index in [2.05, 4.69) is 10.3 Å². The van der Waals surface area contributed by atoms with Gasteiger partial charge in [0.25, 0.3) is 5.91 Å². The maximum Gasteiger partial charge on any atom is 0.416 e. The zero-order valence-corrected chi connectivity index (χ0v) is 12.4. The van der Waals surface area contributed by atoms with Crippen LogP contribution < -0.4 is 5.32 Å². The quantitative estimate of drug-likeness (QED) is 0.945. The van der Waals surface area contributed by atoms with Gasteiger partial charge in [0, 0.05) is 23.5 Å². The maximum absolute atomic E-state index is 13.0. The van der Waals surface area contributed by atoms with E-state index in [9.17, 15) is 18.0 Å². The maximum atomic E-state index is 13.0. The van der Waals surface area contributed by atoms with Crippen LogP contribution in [0.5, 0.6) is 0 Å². The molecule has 0 unspecified atom stereocenters. The molecule has 0 saturated carbocycles. The second kappa shape index (κ2) is 5.82. The fraction of sp³-hybridized carbons (Fsp3) is 0.333. The lowest BCUT2D eigenvalue weighted by atomic mass is 10.1. The number of aromatic nitrogens is 2. The van der Waals surface area contributed by atoms with Crippen LogP contribution >= 0.6 is 0 Å². The molecule has 0 radical (unpaired) electrons. The third kappa shape index (κ3) is 3.66. The zero-order valence-electron chi connectivity index (χ0n) is 12.4. The smallest absolute Gasteiger partial charge is 0.350 e. The lowest BCUT2D eigenvalue weighted by Crippen LogP contribution is -2.30. The standard InChI is InChI=1S/C15H16F3N3O/c1-9(2)20-14(22)11-4-12(15(16,17)18)6-13(5-11)21-7-10(3)19-8-21/h4-9H,1-3H3,(H,20,22). The van der Waals surface area contributed by atoms with Crippen LogP contribution in [0.4, 0.5) is 13.2 Å². The summed E-state index contributed by atoms with van der Waals surface area (Å²) in [7, 11) is 0. The van der Waals surface area contributed by atoms with Crippen molar-refractivity contribution in [1.82, 2.24) is 14.9 Å². The summed E-state index contributed by atoms with van der Waals surface area (Å²) in [5.41, 5.74) is 0.00469. The van der Waals surface area contributed by atoms with Crippen LogP contribution in [0.25, 0.3) is 5.69 Å². The van der Waals surface area contributed by atoms with Gasteiger partial charge in [-0.1, -0.05) is 0 Å². The van der Waals surface area contributed by atoms with E-state index in [0.717, 1.165) is 12.1 Å². The molecule has 0 aliphatic carbocycles. The highest BCUT2D eigenvalue weighted by atomic mass is 19.4. The van der Waals surface area contributed by atoms with E-state index >= 15 is 0 Å². The van der Waals surface area contributed by atoms with Gasteiger partial charge in [0.15, 0.2) is 0 Å².